The van der Waals surface area contributed by atoms with Gasteiger partial charge in [0.05, 0.1) is 5.71 Å². The molecule has 0 atom stereocenters. The normalized spacial score (nSPS) is 19.4. The number of allylic oxidation sites excluding steroid dienone is 4. The van der Waals surface area contributed by atoms with Crippen LogP contribution in [0.15, 0.2) is 72.3 Å². The largest absolute Gasteiger partial charge is 0.300 e. The van der Waals surface area contributed by atoms with Crippen molar-refractivity contribution >= 4 is 11.3 Å². The van der Waals surface area contributed by atoms with E-state index < -0.39 is 0 Å². The second kappa shape index (κ2) is 5.42. The number of benzene rings is 2. The van der Waals surface area contributed by atoms with Gasteiger partial charge in [0.1, 0.15) is 0 Å². The van der Waals surface area contributed by atoms with Crippen molar-refractivity contribution in [2.75, 3.05) is 0 Å². The highest BCUT2D eigenvalue weighted by Gasteiger charge is 2.37. The lowest BCUT2D eigenvalue weighted by atomic mass is 9.82. The fourth-order valence-corrected chi connectivity index (χ4v) is 3.41. The lowest BCUT2D eigenvalue weighted by Gasteiger charge is -2.21. The molecule has 0 amide bonds. The zero-order valence-corrected chi connectivity index (χ0v) is 13.4. The minimum atomic E-state index is -0.00581. The Balaban J connectivity index is 2.14. The molecule has 22 heavy (non-hydrogen) atoms. The molecule has 0 unspecified atom stereocenters. The molecule has 1 heteroatoms. The first-order valence-electron chi connectivity index (χ1n) is 7.68. The maximum absolute atomic E-state index is 8.43. The van der Waals surface area contributed by atoms with E-state index in [2.05, 4.69) is 51.1 Å². The van der Waals surface area contributed by atoms with Crippen LogP contribution in [0.25, 0.3) is 5.57 Å². The molecule has 3 rings (SSSR count). The van der Waals surface area contributed by atoms with Crippen LogP contribution in [0.4, 0.5) is 0 Å². The van der Waals surface area contributed by atoms with Crippen molar-refractivity contribution in [1.82, 2.24) is 0 Å². The number of fused-ring (bicyclic) bond motifs is 1. The van der Waals surface area contributed by atoms with Crippen molar-refractivity contribution in [3.63, 3.8) is 0 Å². The van der Waals surface area contributed by atoms with Crippen molar-refractivity contribution in [2.24, 2.45) is 0 Å². The fraction of sp³-hybridized carbons (Fsp3) is 0.190. The molecule has 0 saturated heterocycles. The van der Waals surface area contributed by atoms with Gasteiger partial charge >= 0.3 is 0 Å². The average molecular weight is 287 g/mol. The van der Waals surface area contributed by atoms with Gasteiger partial charge in [-0.1, -0.05) is 74.5 Å². The highest BCUT2D eigenvalue weighted by atomic mass is 14.4. The zero-order chi connectivity index (χ0) is 15.7. The zero-order valence-electron chi connectivity index (χ0n) is 13.4. The summed E-state index contributed by atoms with van der Waals surface area (Å²) in [6, 6.07) is 18.4. The molecule has 2 aromatic rings. The summed E-state index contributed by atoms with van der Waals surface area (Å²) < 4.78 is 0. The van der Waals surface area contributed by atoms with Crippen molar-refractivity contribution in [3.8, 4) is 0 Å². The smallest absolute Gasteiger partial charge is 0.0618 e. The van der Waals surface area contributed by atoms with Gasteiger partial charge in [-0.2, -0.15) is 0 Å². The predicted molar refractivity (Wildman–Crippen MR) is 94.5 cm³/mol. The first-order valence-corrected chi connectivity index (χ1v) is 7.68. The Bertz CT molecular complexity index is 777. The van der Waals surface area contributed by atoms with E-state index in [0.717, 1.165) is 5.56 Å². The van der Waals surface area contributed by atoms with Gasteiger partial charge in [-0.05, 0) is 40.8 Å². The molecule has 0 heterocycles. The van der Waals surface area contributed by atoms with Gasteiger partial charge in [0, 0.05) is 5.41 Å². The van der Waals surface area contributed by atoms with Gasteiger partial charge in [0.2, 0.25) is 0 Å². The Morgan fingerprint density at radius 1 is 0.955 bits per heavy atom. The molecule has 0 fully saturated rings. The molecule has 0 saturated carbocycles. The number of nitrogens with one attached hydrogen (secondary N) is 1. The summed E-state index contributed by atoms with van der Waals surface area (Å²) in [5.41, 5.74) is 6.58. The Hall–Kier alpha value is -2.41. The van der Waals surface area contributed by atoms with Crippen LogP contribution in [0.5, 0.6) is 0 Å². The topological polar surface area (TPSA) is 23.9 Å². The average Bonchev–Trinajstić information content (AvgIpc) is 2.75. The van der Waals surface area contributed by atoms with Gasteiger partial charge in [0.25, 0.3) is 0 Å². The van der Waals surface area contributed by atoms with Gasteiger partial charge < -0.3 is 5.41 Å². The van der Waals surface area contributed by atoms with Gasteiger partial charge in [0.15, 0.2) is 0 Å². The first-order chi connectivity index (χ1) is 10.6. The van der Waals surface area contributed by atoms with E-state index in [1.807, 2.05) is 36.4 Å². The Morgan fingerprint density at radius 2 is 1.59 bits per heavy atom. The Labute approximate surface area is 132 Å². The van der Waals surface area contributed by atoms with Gasteiger partial charge in [-0.3, -0.25) is 0 Å². The third kappa shape index (κ3) is 2.23. The van der Waals surface area contributed by atoms with Crippen LogP contribution >= 0.6 is 0 Å². The molecule has 1 aliphatic carbocycles. The summed E-state index contributed by atoms with van der Waals surface area (Å²) in [6.45, 7) is 6.60. The van der Waals surface area contributed by atoms with Crippen molar-refractivity contribution in [3.05, 3.63) is 89.0 Å². The molecule has 0 aromatic heterocycles. The minimum Gasteiger partial charge on any atom is -0.300 e. The molecule has 0 bridgehead atoms. The lowest BCUT2D eigenvalue weighted by molar-refractivity contribution is 0.659. The van der Waals surface area contributed by atoms with Crippen LogP contribution in [-0.2, 0) is 5.41 Å². The van der Waals surface area contributed by atoms with Gasteiger partial charge in [-0.15, -0.1) is 0 Å². The molecule has 0 radical (unpaired) electrons. The van der Waals surface area contributed by atoms with Crippen LogP contribution in [0.1, 0.15) is 37.5 Å². The third-order valence-electron chi connectivity index (χ3n) is 4.52. The fourth-order valence-electron chi connectivity index (χ4n) is 3.41. The summed E-state index contributed by atoms with van der Waals surface area (Å²) in [7, 11) is 0. The summed E-state index contributed by atoms with van der Waals surface area (Å²) in [4.78, 5) is 0. The standard InChI is InChI=1S/C21H21N/c1-4-18-17(14-20(22)15-10-6-5-7-11-15)16-12-8-9-13-19(16)21(18,2)3/h4-14,22H,1-3H3/b17-14-,18-4+,22-20?. The summed E-state index contributed by atoms with van der Waals surface area (Å²) in [6.07, 6.45) is 4.20. The predicted octanol–water partition coefficient (Wildman–Crippen LogP) is 5.38. The van der Waals surface area contributed by atoms with Crippen molar-refractivity contribution in [1.29, 1.82) is 5.41 Å². The van der Waals surface area contributed by atoms with Crippen LogP contribution in [0.2, 0.25) is 0 Å². The maximum atomic E-state index is 8.43. The summed E-state index contributed by atoms with van der Waals surface area (Å²) in [5, 5.41) is 8.43. The van der Waals surface area contributed by atoms with E-state index in [-0.39, 0.29) is 5.41 Å². The van der Waals surface area contributed by atoms with E-state index in [1.165, 1.54) is 22.3 Å². The SMILES string of the molecule is C/C=C1\C(=C/C(=N)c2ccccc2)c2ccccc2C1(C)C. The third-order valence-corrected chi connectivity index (χ3v) is 4.52. The highest BCUT2D eigenvalue weighted by Crippen LogP contribution is 2.49. The summed E-state index contributed by atoms with van der Waals surface area (Å²) >= 11 is 0. The van der Waals surface area contributed by atoms with Crippen molar-refractivity contribution < 1.29 is 0 Å². The molecule has 1 aliphatic rings. The van der Waals surface area contributed by atoms with Crippen LogP contribution in [-0.4, -0.2) is 5.71 Å². The second-order valence-corrected chi connectivity index (χ2v) is 6.21. The van der Waals surface area contributed by atoms with E-state index in [1.54, 1.807) is 0 Å². The van der Waals surface area contributed by atoms with E-state index in [4.69, 9.17) is 5.41 Å². The lowest BCUT2D eigenvalue weighted by Crippen LogP contribution is -2.15. The highest BCUT2D eigenvalue weighted by molar-refractivity contribution is 6.13. The van der Waals surface area contributed by atoms with Gasteiger partial charge in [-0.25, -0.2) is 0 Å². The van der Waals surface area contributed by atoms with E-state index >= 15 is 0 Å². The molecule has 1 nitrogen and oxygen atoms in total. The maximum Gasteiger partial charge on any atom is 0.0618 e. The molecular weight excluding hydrogens is 266 g/mol. The first kappa shape index (κ1) is 14.5. The number of hydrogen-bond donors (Lipinski definition) is 1. The number of hydrogen-bond acceptors (Lipinski definition) is 1. The molecule has 0 aliphatic heterocycles. The molecular formula is C21H21N. The molecule has 0 spiro atoms. The van der Waals surface area contributed by atoms with E-state index in [9.17, 15) is 0 Å². The van der Waals surface area contributed by atoms with Crippen molar-refractivity contribution in [2.45, 2.75) is 26.2 Å². The molecule has 110 valence electrons. The molecule has 2 aromatic carbocycles. The quantitative estimate of drug-likeness (QED) is 0.717. The number of rotatable bonds is 2. The summed E-state index contributed by atoms with van der Waals surface area (Å²) in [5.74, 6) is 0. The second-order valence-electron chi connectivity index (χ2n) is 6.21. The Kier molecular flexibility index (Phi) is 3.58. The van der Waals surface area contributed by atoms with E-state index in [0.29, 0.717) is 5.71 Å². The van der Waals surface area contributed by atoms with Crippen LogP contribution < -0.4 is 0 Å². The van der Waals surface area contributed by atoms with Crippen LogP contribution in [0.3, 0.4) is 0 Å². The Morgan fingerprint density at radius 3 is 2.27 bits per heavy atom. The monoisotopic (exact) mass is 287 g/mol. The molecule has 1 N–H and O–H groups in total. The minimum absolute atomic E-state index is 0.00581. The van der Waals surface area contributed by atoms with Crippen LogP contribution in [0, 0.1) is 5.41 Å².